The van der Waals surface area contributed by atoms with Gasteiger partial charge in [-0.25, -0.2) is 4.90 Å². The summed E-state index contributed by atoms with van der Waals surface area (Å²) < 4.78 is 0. The summed E-state index contributed by atoms with van der Waals surface area (Å²) in [6.45, 7) is 7.73. The third-order valence-electron chi connectivity index (χ3n) is 4.36. The molecule has 2 heterocycles. The topological polar surface area (TPSA) is 54.5 Å². The van der Waals surface area contributed by atoms with Crippen molar-refractivity contribution in [1.82, 2.24) is 0 Å². The first-order chi connectivity index (χ1) is 11.7. The van der Waals surface area contributed by atoms with Crippen LogP contribution in [0, 0.1) is 0 Å². The molecule has 0 bridgehead atoms. The van der Waals surface area contributed by atoms with Crippen LogP contribution in [0.4, 0.5) is 5.69 Å². The van der Waals surface area contributed by atoms with Crippen molar-refractivity contribution < 1.29 is 14.4 Å². The molecule has 0 spiro atoms. The number of para-hydroxylation sites is 1. The average molecular weight is 355 g/mol. The first kappa shape index (κ1) is 17.5. The van der Waals surface area contributed by atoms with Gasteiger partial charge in [-0.15, -0.1) is 11.3 Å². The van der Waals surface area contributed by atoms with Crippen molar-refractivity contribution in [2.75, 3.05) is 4.90 Å². The highest BCUT2D eigenvalue weighted by Crippen LogP contribution is 2.41. The molecule has 1 saturated heterocycles. The molecule has 1 aliphatic rings. The Kier molecular flexibility index (Phi) is 4.37. The number of hydrogen-bond acceptors (Lipinski definition) is 4. The lowest BCUT2D eigenvalue weighted by Gasteiger charge is -2.16. The van der Waals surface area contributed by atoms with Crippen LogP contribution in [0.3, 0.4) is 0 Å². The molecule has 2 aromatic rings. The zero-order chi connectivity index (χ0) is 18.4. The van der Waals surface area contributed by atoms with Crippen molar-refractivity contribution in [2.45, 2.75) is 45.4 Å². The second-order valence-electron chi connectivity index (χ2n) is 7.35. The maximum atomic E-state index is 13.0. The van der Waals surface area contributed by atoms with Gasteiger partial charge in [-0.1, -0.05) is 39.0 Å². The Morgan fingerprint density at radius 2 is 1.80 bits per heavy atom. The van der Waals surface area contributed by atoms with E-state index in [4.69, 9.17) is 0 Å². The number of rotatable bonds is 3. The summed E-state index contributed by atoms with van der Waals surface area (Å²) in [6, 6.07) is 10.8. The van der Waals surface area contributed by atoms with Crippen LogP contribution >= 0.6 is 11.3 Å². The summed E-state index contributed by atoms with van der Waals surface area (Å²) >= 11 is 1.47. The van der Waals surface area contributed by atoms with Crippen molar-refractivity contribution in [3.63, 3.8) is 0 Å². The summed E-state index contributed by atoms with van der Waals surface area (Å²) in [6.07, 6.45) is 0.109. The lowest BCUT2D eigenvalue weighted by molar-refractivity contribution is -0.121. The van der Waals surface area contributed by atoms with Crippen LogP contribution in [-0.4, -0.2) is 17.6 Å². The molecule has 2 amide bonds. The Hall–Kier alpha value is -2.27. The number of benzene rings is 1. The van der Waals surface area contributed by atoms with Gasteiger partial charge >= 0.3 is 0 Å². The zero-order valence-corrected chi connectivity index (χ0v) is 15.6. The van der Waals surface area contributed by atoms with Gasteiger partial charge in [0.15, 0.2) is 5.78 Å². The Morgan fingerprint density at radius 3 is 2.36 bits per heavy atom. The number of carbonyl (C=O) groups excluding carboxylic acids is 3. The van der Waals surface area contributed by atoms with E-state index in [1.165, 1.54) is 23.2 Å². The fourth-order valence-corrected chi connectivity index (χ4v) is 4.35. The molecule has 1 unspecified atom stereocenters. The van der Waals surface area contributed by atoms with E-state index >= 15 is 0 Å². The van der Waals surface area contributed by atoms with Crippen molar-refractivity contribution in [2.24, 2.45) is 0 Å². The molecule has 130 valence electrons. The molecule has 0 aliphatic carbocycles. The van der Waals surface area contributed by atoms with E-state index in [1.807, 2.05) is 12.1 Å². The van der Waals surface area contributed by atoms with E-state index in [1.54, 1.807) is 24.3 Å². The molecular weight excluding hydrogens is 334 g/mol. The quantitative estimate of drug-likeness (QED) is 0.609. The van der Waals surface area contributed by atoms with Crippen LogP contribution in [0.2, 0.25) is 0 Å². The van der Waals surface area contributed by atoms with Crippen LogP contribution in [0.15, 0.2) is 36.4 Å². The van der Waals surface area contributed by atoms with Gasteiger partial charge in [0.05, 0.1) is 11.6 Å². The van der Waals surface area contributed by atoms with Gasteiger partial charge in [-0.2, -0.15) is 0 Å². The molecule has 25 heavy (non-hydrogen) atoms. The molecule has 0 N–H and O–H groups in total. The Balaban J connectivity index is 2.03. The zero-order valence-electron chi connectivity index (χ0n) is 14.8. The summed E-state index contributed by atoms with van der Waals surface area (Å²) in [5.41, 5.74) is 1.03. The highest BCUT2D eigenvalue weighted by molar-refractivity contribution is 7.12. The standard InChI is InChI=1S/C20H21NO3S/c1-12(22)14-10-16(20(2,3)4)25-18(14)15-11-17(23)21(19(15)24)13-8-6-5-7-9-13/h5-10,15H,11H2,1-4H3. The molecule has 0 saturated carbocycles. The van der Waals surface area contributed by atoms with Gasteiger partial charge in [0.25, 0.3) is 0 Å². The molecule has 1 aliphatic heterocycles. The number of nitrogens with zero attached hydrogens (tertiary/aromatic N) is 1. The number of ketones is 1. The number of anilines is 1. The second-order valence-corrected chi connectivity index (χ2v) is 8.44. The minimum absolute atomic E-state index is 0.0693. The van der Waals surface area contributed by atoms with Crippen molar-refractivity contribution in [3.05, 3.63) is 51.7 Å². The van der Waals surface area contributed by atoms with Crippen molar-refractivity contribution >= 4 is 34.6 Å². The fraction of sp³-hybridized carbons (Fsp3) is 0.350. The molecular formula is C20H21NO3S. The number of amides is 2. The van der Waals surface area contributed by atoms with Crippen LogP contribution in [-0.2, 0) is 15.0 Å². The maximum Gasteiger partial charge on any atom is 0.242 e. The molecule has 4 nitrogen and oxygen atoms in total. The van der Waals surface area contributed by atoms with Gasteiger partial charge in [0.1, 0.15) is 0 Å². The largest absolute Gasteiger partial charge is 0.294 e. The highest BCUT2D eigenvalue weighted by atomic mass is 32.1. The SMILES string of the molecule is CC(=O)c1cc(C(C)(C)C)sc1C1CC(=O)N(c2ccccc2)C1=O. The maximum absolute atomic E-state index is 13.0. The minimum atomic E-state index is -0.576. The van der Waals surface area contributed by atoms with E-state index < -0.39 is 5.92 Å². The molecule has 0 radical (unpaired) electrons. The number of Topliss-reactive ketones (excluding diaryl/α,β-unsaturated/α-hetero) is 1. The third-order valence-corrected chi connectivity index (χ3v) is 6.03. The van der Waals surface area contributed by atoms with Gasteiger partial charge in [-0.3, -0.25) is 14.4 Å². The predicted molar refractivity (Wildman–Crippen MR) is 99.3 cm³/mol. The summed E-state index contributed by atoms with van der Waals surface area (Å²) in [5.74, 6) is -1.12. The number of carbonyl (C=O) groups is 3. The van der Waals surface area contributed by atoms with Gasteiger partial charge < -0.3 is 0 Å². The summed E-state index contributed by atoms with van der Waals surface area (Å²) in [4.78, 5) is 40.5. The lowest BCUT2D eigenvalue weighted by atomic mass is 9.93. The first-order valence-corrected chi connectivity index (χ1v) is 9.09. The molecule has 5 heteroatoms. The van der Waals surface area contributed by atoms with Gasteiger partial charge in [0.2, 0.25) is 11.8 Å². The average Bonchev–Trinajstić information content (AvgIpc) is 3.09. The molecule has 1 atom stereocenters. The number of thiophene rings is 1. The van der Waals surface area contributed by atoms with E-state index in [0.717, 1.165) is 4.88 Å². The lowest BCUT2D eigenvalue weighted by Crippen LogP contribution is -2.29. The van der Waals surface area contributed by atoms with Gasteiger partial charge in [0, 0.05) is 21.7 Å². The van der Waals surface area contributed by atoms with E-state index in [-0.39, 0.29) is 29.4 Å². The van der Waals surface area contributed by atoms with E-state index in [9.17, 15) is 14.4 Å². The van der Waals surface area contributed by atoms with Crippen molar-refractivity contribution in [3.8, 4) is 0 Å². The van der Waals surface area contributed by atoms with Crippen LogP contribution in [0.25, 0.3) is 0 Å². The molecule has 1 fully saturated rings. The normalized spacial score (nSPS) is 18.1. The minimum Gasteiger partial charge on any atom is -0.294 e. The first-order valence-electron chi connectivity index (χ1n) is 8.27. The van der Waals surface area contributed by atoms with Crippen LogP contribution in [0.1, 0.15) is 60.1 Å². The fourth-order valence-electron chi connectivity index (χ4n) is 2.99. The number of imide groups is 1. The molecule has 1 aromatic carbocycles. The predicted octanol–water partition coefficient (Wildman–Crippen LogP) is 4.30. The Bertz CT molecular complexity index is 846. The van der Waals surface area contributed by atoms with Crippen LogP contribution in [0.5, 0.6) is 0 Å². The van der Waals surface area contributed by atoms with E-state index in [2.05, 4.69) is 20.8 Å². The highest BCUT2D eigenvalue weighted by Gasteiger charge is 2.42. The smallest absolute Gasteiger partial charge is 0.242 e. The Labute approximate surface area is 151 Å². The monoisotopic (exact) mass is 355 g/mol. The van der Waals surface area contributed by atoms with Crippen molar-refractivity contribution in [1.29, 1.82) is 0 Å². The third kappa shape index (κ3) is 3.16. The summed E-state index contributed by atoms with van der Waals surface area (Å²) in [7, 11) is 0. The van der Waals surface area contributed by atoms with Gasteiger partial charge in [-0.05, 0) is 30.5 Å². The molecule has 3 rings (SSSR count). The van der Waals surface area contributed by atoms with Crippen LogP contribution < -0.4 is 4.90 Å². The second kappa shape index (κ2) is 6.23. The summed E-state index contributed by atoms with van der Waals surface area (Å²) in [5, 5.41) is 0. The van der Waals surface area contributed by atoms with E-state index in [0.29, 0.717) is 16.1 Å². The molecule has 1 aromatic heterocycles. The Morgan fingerprint density at radius 1 is 1.16 bits per heavy atom. The number of hydrogen-bond donors (Lipinski definition) is 0.